The minimum Gasteiger partial charge on any atom is -0.272 e. The van der Waals surface area contributed by atoms with Crippen molar-refractivity contribution in [2.45, 2.75) is 37.3 Å². The third-order valence-electron chi connectivity index (χ3n) is 3.45. The van der Waals surface area contributed by atoms with Crippen LogP contribution in [-0.4, -0.2) is 25.7 Å². The van der Waals surface area contributed by atoms with E-state index in [1.54, 1.807) is 18.0 Å². The van der Waals surface area contributed by atoms with Crippen LogP contribution in [0.2, 0.25) is 0 Å². The van der Waals surface area contributed by atoms with Crippen molar-refractivity contribution in [1.29, 1.82) is 5.26 Å². The van der Waals surface area contributed by atoms with Gasteiger partial charge in [-0.3, -0.25) is 4.68 Å². The maximum atomic E-state index is 9.41. The molecule has 20 heavy (non-hydrogen) atoms. The van der Waals surface area contributed by atoms with Gasteiger partial charge >= 0.3 is 0 Å². The molecule has 0 amide bonds. The summed E-state index contributed by atoms with van der Waals surface area (Å²) in [5.74, 6) is 0.837. The first-order valence-electron chi connectivity index (χ1n) is 6.77. The van der Waals surface area contributed by atoms with Crippen LogP contribution in [0, 0.1) is 11.3 Å². The van der Waals surface area contributed by atoms with E-state index in [1.165, 1.54) is 0 Å². The average molecular weight is 285 g/mol. The summed E-state index contributed by atoms with van der Waals surface area (Å²) in [6, 6.07) is 4.23. The van der Waals surface area contributed by atoms with Crippen molar-refractivity contribution in [1.82, 2.24) is 20.0 Å². The Morgan fingerprint density at radius 3 is 3.00 bits per heavy atom. The summed E-state index contributed by atoms with van der Waals surface area (Å²) >= 11 is 1.59. The van der Waals surface area contributed by atoms with Gasteiger partial charge in [-0.1, -0.05) is 0 Å². The van der Waals surface area contributed by atoms with Gasteiger partial charge < -0.3 is 0 Å². The van der Waals surface area contributed by atoms with Crippen LogP contribution >= 0.6 is 11.8 Å². The quantitative estimate of drug-likeness (QED) is 0.806. The lowest BCUT2D eigenvalue weighted by molar-refractivity contribution is 0.641. The van der Waals surface area contributed by atoms with Crippen LogP contribution in [0.4, 0.5) is 0 Å². The molecule has 0 unspecified atom stereocenters. The first-order chi connectivity index (χ1) is 9.88. The Bertz CT molecular complexity index is 630. The topological polar surface area (TPSA) is 67.4 Å². The van der Waals surface area contributed by atoms with Crippen LogP contribution in [0.3, 0.4) is 0 Å². The molecule has 0 fully saturated rings. The van der Waals surface area contributed by atoms with E-state index in [0.717, 1.165) is 59.8 Å². The fourth-order valence-corrected chi connectivity index (χ4v) is 3.32. The highest BCUT2D eigenvalue weighted by molar-refractivity contribution is 7.99. The highest BCUT2D eigenvalue weighted by atomic mass is 32.2. The first kappa shape index (κ1) is 13.1. The van der Waals surface area contributed by atoms with E-state index >= 15 is 0 Å². The molecule has 2 heterocycles. The molecular weight excluding hydrogens is 270 g/mol. The molecule has 3 rings (SSSR count). The van der Waals surface area contributed by atoms with Crippen molar-refractivity contribution in [3.05, 3.63) is 35.3 Å². The van der Waals surface area contributed by atoms with E-state index in [0.29, 0.717) is 0 Å². The predicted molar refractivity (Wildman–Crippen MR) is 76.3 cm³/mol. The van der Waals surface area contributed by atoms with E-state index in [1.807, 2.05) is 16.9 Å². The predicted octanol–water partition coefficient (Wildman–Crippen LogP) is 2.22. The van der Waals surface area contributed by atoms with Gasteiger partial charge in [0.2, 0.25) is 0 Å². The van der Waals surface area contributed by atoms with Crippen molar-refractivity contribution >= 4 is 11.8 Å². The van der Waals surface area contributed by atoms with Crippen LogP contribution in [0.15, 0.2) is 23.5 Å². The summed E-state index contributed by atoms with van der Waals surface area (Å²) < 4.78 is 1.88. The number of thioether (sulfide) groups is 1. The Hall–Kier alpha value is -1.87. The minimum atomic E-state index is 0.736. The van der Waals surface area contributed by atoms with Crippen LogP contribution in [0.5, 0.6) is 0 Å². The normalized spacial score (nSPS) is 13.8. The second-order valence-corrected chi connectivity index (χ2v) is 5.83. The van der Waals surface area contributed by atoms with Crippen molar-refractivity contribution in [2.75, 3.05) is 5.75 Å². The molecule has 6 heteroatoms. The van der Waals surface area contributed by atoms with E-state index in [-0.39, 0.29) is 0 Å². The molecule has 102 valence electrons. The zero-order valence-electron chi connectivity index (χ0n) is 11.1. The smallest absolute Gasteiger partial charge is 0.137 e. The van der Waals surface area contributed by atoms with Crippen molar-refractivity contribution in [2.24, 2.45) is 0 Å². The number of aromatic nitrogens is 4. The molecule has 0 atom stereocenters. The first-order valence-corrected chi connectivity index (χ1v) is 7.76. The zero-order valence-corrected chi connectivity index (χ0v) is 11.9. The number of fused-ring (bicyclic) bond motifs is 1. The van der Waals surface area contributed by atoms with Gasteiger partial charge in [-0.05, 0) is 37.3 Å². The van der Waals surface area contributed by atoms with Crippen LogP contribution in [0.25, 0.3) is 0 Å². The summed E-state index contributed by atoms with van der Waals surface area (Å²) in [6.45, 7) is 0.807. The van der Waals surface area contributed by atoms with E-state index < -0.39 is 0 Å². The number of nitrogens with zero attached hydrogens (tertiary/aromatic N) is 5. The summed E-state index contributed by atoms with van der Waals surface area (Å²) in [5.41, 5.74) is 2.87. The maximum absolute atomic E-state index is 9.41. The zero-order chi connectivity index (χ0) is 13.8. The fraction of sp³-hybridized carbons (Fsp3) is 0.429. The Morgan fingerprint density at radius 1 is 1.30 bits per heavy atom. The lowest BCUT2D eigenvalue weighted by atomic mass is 9.94. The van der Waals surface area contributed by atoms with Gasteiger partial charge in [0.05, 0.1) is 17.8 Å². The molecule has 0 saturated carbocycles. The van der Waals surface area contributed by atoms with Crippen LogP contribution < -0.4 is 0 Å². The van der Waals surface area contributed by atoms with Gasteiger partial charge in [0.15, 0.2) is 0 Å². The van der Waals surface area contributed by atoms with Gasteiger partial charge in [-0.25, -0.2) is 0 Å². The molecule has 0 bridgehead atoms. The molecule has 5 nitrogen and oxygen atoms in total. The molecule has 0 saturated heterocycles. The number of aryl methyl sites for hydroxylation is 2. The lowest BCUT2D eigenvalue weighted by Crippen LogP contribution is -2.11. The number of nitriles is 1. The largest absolute Gasteiger partial charge is 0.272 e. The summed E-state index contributed by atoms with van der Waals surface area (Å²) in [5, 5.41) is 22.9. The van der Waals surface area contributed by atoms with Crippen molar-refractivity contribution < 1.29 is 0 Å². The standard InChI is InChI=1S/C14H15N5S/c15-10-12-11-4-1-2-5-13(11)17-18-14(12)20-9-8-19-7-3-6-16-19/h3,6-7H,1-2,4-5,8-9H2. The number of hydrogen-bond donors (Lipinski definition) is 0. The molecule has 2 aromatic rings. The third-order valence-corrected chi connectivity index (χ3v) is 4.39. The minimum absolute atomic E-state index is 0.736. The van der Waals surface area contributed by atoms with Gasteiger partial charge in [0.25, 0.3) is 0 Å². The molecular formula is C14H15N5S. The second-order valence-electron chi connectivity index (χ2n) is 4.74. The third kappa shape index (κ3) is 2.68. The van der Waals surface area contributed by atoms with Gasteiger partial charge in [-0.2, -0.15) is 15.5 Å². The highest BCUT2D eigenvalue weighted by Crippen LogP contribution is 2.28. The molecule has 0 spiro atoms. The van der Waals surface area contributed by atoms with Gasteiger partial charge in [0.1, 0.15) is 11.1 Å². The van der Waals surface area contributed by atoms with Crippen molar-refractivity contribution in [3.8, 4) is 6.07 Å². The summed E-state index contributed by atoms with van der Waals surface area (Å²) in [7, 11) is 0. The molecule has 1 aliphatic rings. The van der Waals surface area contributed by atoms with E-state index in [9.17, 15) is 5.26 Å². The van der Waals surface area contributed by atoms with E-state index in [4.69, 9.17) is 0 Å². The number of hydrogen-bond acceptors (Lipinski definition) is 5. The second kappa shape index (κ2) is 6.06. The highest BCUT2D eigenvalue weighted by Gasteiger charge is 2.19. The Morgan fingerprint density at radius 2 is 2.20 bits per heavy atom. The molecule has 0 aliphatic heterocycles. The molecule has 1 aliphatic carbocycles. The van der Waals surface area contributed by atoms with Gasteiger partial charge in [0, 0.05) is 18.1 Å². The maximum Gasteiger partial charge on any atom is 0.137 e. The monoisotopic (exact) mass is 285 g/mol. The Balaban J connectivity index is 1.74. The van der Waals surface area contributed by atoms with Crippen LogP contribution in [0.1, 0.15) is 29.7 Å². The van der Waals surface area contributed by atoms with Crippen molar-refractivity contribution in [3.63, 3.8) is 0 Å². The molecule has 0 aromatic carbocycles. The SMILES string of the molecule is N#Cc1c(SCCn2cccn2)nnc2c1CCCC2. The van der Waals surface area contributed by atoms with E-state index in [2.05, 4.69) is 21.4 Å². The average Bonchev–Trinajstić information content (AvgIpc) is 3.00. The summed E-state index contributed by atoms with van der Waals surface area (Å²) in [4.78, 5) is 0. The number of rotatable bonds is 4. The van der Waals surface area contributed by atoms with Gasteiger partial charge in [-0.15, -0.1) is 16.9 Å². The molecule has 0 radical (unpaired) electrons. The fourth-order valence-electron chi connectivity index (χ4n) is 2.44. The molecule has 2 aromatic heterocycles. The summed E-state index contributed by atoms with van der Waals surface area (Å²) in [6.07, 6.45) is 7.91. The lowest BCUT2D eigenvalue weighted by Gasteiger charge is -2.16. The Labute approximate surface area is 122 Å². The van der Waals surface area contributed by atoms with Crippen LogP contribution in [-0.2, 0) is 19.4 Å². The molecule has 0 N–H and O–H groups in total. The Kier molecular flexibility index (Phi) is 3.97.